The molecular weight excluding hydrogens is 1370 g/mol. The zero-order chi connectivity index (χ0) is 78.4. The van der Waals surface area contributed by atoms with Gasteiger partial charge in [-0.1, -0.05) is 12.5 Å². The number of nitrogens with zero attached hydrogens (tertiary/aromatic N) is 18. The zero-order valence-electron chi connectivity index (χ0n) is 67.2. The highest BCUT2D eigenvalue weighted by Crippen LogP contribution is 2.42. The lowest BCUT2D eigenvalue weighted by molar-refractivity contribution is -0.0286. The van der Waals surface area contributed by atoms with Gasteiger partial charge in [0, 0.05) is 147 Å². The van der Waals surface area contributed by atoms with Gasteiger partial charge in [-0.25, -0.2) is 33.5 Å². The van der Waals surface area contributed by atoms with Crippen LogP contribution < -0.4 is 25.8 Å². The molecule has 31 nitrogen and oxygen atoms in total. The Hall–Kier alpha value is -8.79. The van der Waals surface area contributed by atoms with E-state index in [0.29, 0.717) is 81.9 Å². The minimum Gasteiger partial charge on any atom is -0.405 e. The van der Waals surface area contributed by atoms with Gasteiger partial charge in [0.2, 0.25) is 23.7 Å². The van der Waals surface area contributed by atoms with Crippen molar-refractivity contribution in [3.8, 4) is 33.4 Å². The first-order valence-corrected chi connectivity index (χ1v) is 37.3. The summed E-state index contributed by atoms with van der Waals surface area (Å²) in [4.78, 5) is 22.5. The molecule has 0 unspecified atom stereocenters. The SMILES string of the molecule is C.COC[C@H](C)Nc1ncc2c(-c3cnn(C(C)(C)c4nnc(N5CCOCC5)o4)c3)cc(C3CCC(O)CC3)n2n1.[2H]C([2H])([2H])OC[C@H](C)Nc1ncc2c(-c3ccnc(N4CCOCC4)c3)cc(C3CCC(O)CC3)n2n1.[2H]C([2H])([2H])OC[C@H](C)Nc1ncc2c(-c3cnn(C4COC4)c3)cc(C3CCC(O)CC3)n2n1. The van der Waals surface area contributed by atoms with Crippen molar-refractivity contribution in [1.29, 1.82) is 0 Å². The van der Waals surface area contributed by atoms with Crippen molar-refractivity contribution in [3.05, 3.63) is 103 Å². The van der Waals surface area contributed by atoms with E-state index in [-0.39, 0.29) is 75.0 Å². The number of hydrogen-bond acceptors (Lipinski definition) is 26. The summed E-state index contributed by atoms with van der Waals surface area (Å²) in [6, 6.07) is 10.9. The Morgan fingerprint density at radius 3 is 1.42 bits per heavy atom. The van der Waals surface area contributed by atoms with Crippen molar-refractivity contribution >= 4 is 46.2 Å². The highest BCUT2D eigenvalue weighted by molar-refractivity contribution is 5.84. The quantitative estimate of drug-likeness (QED) is 0.0347. The van der Waals surface area contributed by atoms with E-state index in [1.54, 1.807) is 19.5 Å². The van der Waals surface area contributed by atoms with Gasteiger partial charge in [-0.15, -0.1) is 20.4 Å². The molecule has 3 atom stereocenters. The number of anilines is 5. The molecule has 0 radical (unpaired) electrons. The molecular formula is C76H107N21O10. The number of nitrogens with one attached hydrogen (secondary N) is 3. The van der Waals surface area contributed by atoms with Crippen LogP contribution in [0.4, 0.5) is 29.7 Å². The number of aliphatic hydroxyl groups is 3. The average Bonchev–Trinajstić information content (AvgIpc) is 1.61. The molecule has 6 N–H and O–H groups in total. The molecule has 576 valence electrons. The zero-order valence-corrected chi connectivity index (χ0v) is 61.2. The molecule has 3 saturated carbocycles. The minimum absolute atomic E-state index is 0. The highest BCUT2D eigenvalue weighted by atomic mass is 16.5. The molecule has 3 aliphatic heterocycles. The normalized spacial score (nSPS) is 22.8. The maximum atomic E-state index is 10.1. The number of methoxy groups -OCH3 is 3. The van der Waals surface area contributed by atoms with Gasteiger partial charge in [-0.3, -0.25) is 9.36 Å². The largest absolute Gasteiger partial charge is 0.405 e. The van der Waals surface area contributed by atoms with E-state index in [9.17, 15) is 15.3 Å². The summed E-state index contributed by atoms with van der Waals surface area (Å²) in [5.41, 5.74) is 11.3. The number of ether oxygens (including phenoxy) is 6. The molecule has 10 aromatic heterocycles. The molecule has 0 amide bonds. The van der Waals surface area contributed by atoms with E-state index in [2.05, 4.69) is 80.3 Å². The Balaban J connectivity index is 0.000000148. The second-order valence-corrected chi connectivity index (χ2v) is 29.4. The Morgan fingerprint density at radius 1 is 0.533 bits per heavy atom. The molecule has 16 rings (SSSR count). The highest BCUT2D eigenvalue weighted by Gasteiger charge is 2.35. The maximum absolute atomic E-state index is 10.1. The van der Waals surface area contributed by atoms with Crippen molar-refractivity contribution in [2.24, 2.45) is 0 Å². The number of aromatic nitrogens is 16. The van der Waals surface area contributed by atoms with Gasteiger partial charge in [-0.2, -0.15) is 10.2 Å². The van der Waals surface area contributed by atoms with Crippen molar-refractivity contribution in [2.75, 3.05) is 133 Å². The monoisotopic (exact) mass is 1480 g/mol. The van der Waals surface area contributed by atoms with E-state index in [1.165, 1.54) is 0 Å². The Kier molecular flexibility index (Phi) is 22.2. The fraction of sp³-hybridized carbons (Fsp3) is 0.592. The number of rotatable bonds is 23. The minimum atomic E-state index is -2.45. The van der Waals surface area contributed by atoms with E-state index >= 15 is 0 Å². The molecule has 0 spiro atoms. The molecule has 6 aliphatic rings. The average molecular weight is 1480 g/mol. The van der Waals surface area contributed by atoms with Gasteiger partial charge in [-0.05, 0) is 148 Å². The lowest BCUT2D eigenvalue weighted by Crippen LogP contribution is -2.36. The third-order valence-corrected chi connectivity index (χ3v) is 21.2. The van der Waals surface area contributed by atoms with Crippen LogP contribution in [0.5, 0.6) is 0 Å². The standard InChI is InChI=1S/C28H39N9O4.C25H34N6O3.C22H30N6O3.CH4/c1-18(17-39-4)31-26-29-15-24-22(13-23(37(24)34-26)19-5-7-21(38)8-6-19)20-14-30-36(16-20)28(2,3)25-32-33-27(41-25)35-9-11-40-12-10-35;1-17(16-33-2)28-25-27-15-23-21(14-22(31(23)29-25)18-3-5-20(32)6-4-18)19-7-8-26-24(13-19)30-9-11-34-12-10-30;1-14(11-30-2)25-22-23-9-21-19(16-8-24-27(10-16)17-12-31-13-17)7-20(28(21)26-22)15-3-5-18(29)6-4-15;/h13-16,18-19,21,38H,5-12,17H2,1-4H3,(H,31,34);7-8,13-15,17-18,20,32H,3-6,9-12,16H2,1-2H3,(H,28,29);7-10,14-15,17-18,29H,3-6,11-13H2,1-2H3,(H,25,26);1H4/t18-,19?,21?;17-,18?,20?;14-,15?,18?;/m000./s1/i;2*2D3;. The smallest absolute Gasteiger partial charge is 0.318 e. The second-order valence-electron chi connectivity index (χ2n) is 29.4. The van der Waals surface area contributed by atoms with Crippen LogP contribution in [-0.2, 0) is 34.0 Å². The molecule has 0 bridgehead atoms. The summed E-state index contributed by atoms with van der Waals surface area (Å²) in [6.07, 6.45) is 24.4. The van der Waals surface area contributed by atoms with Gasteiger partial charge in [0.15, 0.2) is 0 Å². The lowest BCUT2D eigenvalue weighted by atomic mass is 9.85. The molecule has 3 saturated heterocycles. The predicted octanol–water partition coefficient (Wildman–Crippen LogP) is 9.42. The molecule has 0 aromatic carbocycles. The number of hydrogen-bond donors (Lipinski definition) is 6. The van der Waals surface area contributed by atoms with E-state index in [1.807, 2.05) is 106 Å². The summed E-state index contributed by atoms with van der Waals surface area (Å²) in [5.74, 6) is 3.59. The number of fused-ring (bicyclic) bond motifs is 3. The molecule has 10 aromatic rings. The summed E-state index contributed by atoms with van der Waals surface area (Å²) in [7, 11) is -3.21. The first kappa shape index (κ1) is 68.7. The summed E-state index contributed by atoms with van der Waals surface area (Å²) >= 11 is 0. The van der Waals surface area contributed by atoms with Crippen molar-refractivity contribution in [2.45, 2.75) is 185 Å². The molecule has 6 fully saturated rings. The first-order chi connectivity index (χ1) is 53.9. The summed E-state index contributed by atoms with van der Waals surface area (Å²) in [6.45, 7) is 17.4. The van der Waals surface area contributed by atoms with Crippen molar-refractivity contribution < 1.29 is 56.4 Å². The van der Waals surface area contributed by atoms with E-state index < -0.39 is 19.6 Å². The van der Waals surface area contributed by atoms with Crippen molar-refractivity contribution in [1.82, 2.24) is 78.5 Å². The molecule has 13 heterocycles. The van der Waals surface area contributed by atoms with E-state index in [0.717, 1.165) is 176 Å². The van der Waals surface area contributed by atoms with Crippen LogP contribution in [0, 0.1) is 0 Å². The van der Waals surface area contributed by atoms with Gasteiger partial charge in [0.25, 0.3) is 0 Å². The van der Waals surface area contributed by atoms with Gasteiger partial charge < -0.3 is 73.9 Å². The molecule has 31 heteroatoms. The van der Waals surface area contributed by atoms with Gasteiger partial charge in [0.05, 0.1) is 140 Å². The van der Waals surface area contributed by atoms with Crippen LogP contribution in [0.25, 0.3) is 49.9 Å². The third-order valence-electron chi connectivity index (χ3n) is 21.2. The van der Waals surface area contributed by atoms with Gasteiger partial charge in [0.1, 0.15) is 11.4 Å². The van der Waals surface area contributed by atoms with E-state index in [4.69, 9.17) is 61.5 Å². The topological polar surface area (TPSA) is 337 Å². The maximum Gasteiger partial charge on any atom is 0.318 e. The Morgan fingerprint density at radius 2 is 0.972 bits per heavy atom. The Labute approximate surface area is 632 Å². The molecule has 3 aliphatic carbocycles. The fourth-order valence-electron chi connectivity index (χ4n) is 15.0. The van der Waals surface area contributed by atoms with Crippen LogP contribution in [0.2, 0.25) is 0 Å². The number of aliphatic hydroxyl groups excluding tert-OH is 3. The first-order valence-electron chi connectivity index (χ1n) is 40.3. The van der Waals surface area contributed by atoms with Crippen LogP contribution in [0.1, 0.15) is 174 Å². The third kappa shape index (κ3) is 17.5. The van der Waals surface area contributed by atoms with Crippen LogP contribution >= 0.6 is 0 Å². The van der Waals surface area contributed by atoms with Gasteiger partial charge >= 0.3 is 6.01 Å². The predicted molar refractivity (Wildman–Crippen MR) is 407 cm³/mol. The van der Waals surface area contributed by atoms with Crippen molar-refractivity contribution in [3.63, 3.8) is 0 Å². The van der Waals surface area contributed by atoms with Crippen LogP contribution in [-0.4, -0.2) is 237 Å². The summed E-state index contributed by atoms with van der Waals surface area (Å²) < 4.78 is 90.5. The fourth-order valence-corrected chi connectivity index (χ4v) is 15.0. The van der Waals surface area contributed by atoms with Crippen LogP contribution in [0.15, 0.2) is 84.3 Å². The Bertz CT molecular complexity index is 4740. The van der Waals surface area contributed by atoms with Crippen LogP contribution in [0.3, 0.4) is 0 Å². The lowest BCUT2D eigenvalue weighted by Gasteiger charge is -2.28. The second kappa shape index (κ2) is 34.6. The summed E-state index contributed by atoms with van der Waals surface area (Å²) in [5, 5.41) is 72.2. The number of pyridine rings is 1. The molecule has 107 heavy (non-hydrogen) atoms. The number of morpholine rings is 2.